The highest BCUT2D eigenvalue weighted by molar-refractivity contribution is 7.75. The smallest absolute Gasteiger partial charge is 0.445 e. The van der Waals surface area contributed by atoms with Gasteiger partial charge in [-0.25, -0.2) is 0 Å². The molecule has 48 valence electrons. The van der Waals surface area contributed by atoms with Crippen LogP contribution < -0.4 is 0 Å². The summed E-state index contributed by atoms with van der Waals surface area (Å²) in [5.74, 6) is 0. The Labute approximate surface area is 56.3 Å². The summed E-state index contributed by atoms with van der Waals surface area (Å²) in [6.45, 7) is 0. The minimum Gasteiger partial charge on any atom is -0.445 e. The van der Waals surface area contributed by atoms with E-state index in [1.165, 1.54) is 0 Å². The van der Waals surface area contributed by atoms with Crippen molar-refractivity contribution in [3.63, 3.8) is 0 Å². The van der Waals surface area contributed by atoms with Crippen molar-refractivity contribution in [2.45, 2.75) is 0 Å². The zero-order valence-electron chi connectivity index (χ0n) is 3.14. The van der Waals surface area contributed by atoms with Crippen molar-refractivity contribution in [3.05, 3.63) is 0 Å². The number of hydrogen-bond donors (Lipinski definition) is 4. The van der Waals surface area contributed by atoms with E-state index in [0.717, 1.165) is 0 Å². The van der Waals surface area contributed by atoms with Crippen LogP contribution in [-0.4, -0.2) is 42.9 Å². The fourth-order valence-corrected chi connectivity index (χ4v) is 0. The maximum absolute atomic E-state index is 9.32. The van der Waals surface area contributed by atoms with Gasteiger partial charge in [0.15, 0.2) is 17.4 Å². The fraction of sp³-hybridized carbons (Fsp3) is 0. The molecule has 0 saturated carbocycles. The van der Waals surface area contributed by atoms with E-state index in [9.17, 15) is 4.79 Å². The molecule has 0 rings (SSSR count). The van der Waals surface area contributed by atoms with E-state index in [2.05, 4.69) is 0 Å². The Balaban J connectivity index is 0. The molecule has 0 saturated heterocycles. The van der Waals surface area contributed by atoms with Crippen molar-refractivity contribution in [2.75, 3.05) is 0 Å². The molecule has 0 amide bonds. The molecular weight excluding hydrogens is 150 g/mol. The van der Waals surface area contributed by atoms with Gasteiger partial charge in [-0.1, -0.05) is 0 Å². The second-order valence-corrected chi connectivity index (χ2v) is 2.37. The van der Waals surface area contributed by atoms with Crippen LogP contribution in [0.3, 0.4) is 0 Å². The highest BCUT2D eigenvalue weighted by Gasteiger charge is 2.43. The molecular formula is CH7AlO5P+. The Hall–Kier alpha value is 0.312. The second kappa shape index (κ2) is 3.36. The molecule has 0 spiro atoms. The molecule has 0 unspecified atom stereocenters. The monoisotopic (exact) mass is 157 g/mol. The summed E-state index contributed by atoms with van der Waals surface area (Å²) in [4.78, 5) is 32.5. The summed E-state index contributed by atoms with van der Waals surface area (Å²) in [5, 5.41) is 7.55. The van der Waals surface area contributed by atoms with Gasteiger partial charge in [0.05, 0.1) is 0 Å². The van der Waals surface area contributed by atoms with E-state index in [0.29, 0.717) is 0 Å². The van der Waals surface area contributed by atoms with Crippen molar-refractivity contribution in [2.24, 2.45) is 0 Å². The van der Waals surface area contributed by atoms with Crippen molar-refractivity contribution in [3.8, 4) is 0 Å². The van der Waals surface area contributed by atoms with Crippen molar-refractivity contribution < 1.29 is 24.6 Å². The van der Waals surface area contributed by atoms with Gasteiger partial charge in [-0.05, 0) is 0 Å². The third kappa shape index (κ3) is 4.47. The molecule has 0 fully saturated rings. The maximum atomic E-state index is 9.32. The number of carbonyl (C=O) groups is 1. The zero-order valence-corrected chi connectivity index (χ0v) is 4.04. The first-order valence-corrected chi connectivity index (χ1v) is 2.90. The van der Waals surface area contributed by atoms with Crippen molar-refractivity contribution in [1.82, 2.24) is 0 Å². The fourth-order valence-electron chi connectivity index (χ4n) is 0. The molecule has 0 aliphatic heterocycles. The summed E-state index contributed by atoms with van der Waals surface area (Å²) in [5.41, 5.74) is -1.98. The molecule has 0 atom stereocenters. The van der Waals surface area contributed by atoms with Crippen LogP contribution in [0.15, 0.2) is 0 Å². The Morgan fingerprint density at radius 3 is 1.38 bits per heavy atom. The molecule has 0 heterocycles. The van der Waals surface area contributed by atoms with Gasteiger partial charge in [-0.3, -0.25) is 0 Å². The van der Waals surface area contributed by atoms with Gasteiger partial charge in [0.25, 0.3) is 0 Å². The first-order chi connectivity index (χ1) is 2.94. The highest BCUT2D eigenvalue weighted by Crippen LogP contribution is 2.44. The Morgan fingerprint density at radius 2 is 1.38 bits per heavy atom. The van der Waals surface area contributed by atoms with Crippen molar-refractivity contribution >= 4 is 31.0 Å². The summed E-state index contributed by atoms with van der Waals surface area (Å²) in [6, 6.07) is 0. The number of hydrogen-bond acceptors (Lipinski definition) is 4. The predicted molar refractivity (Wildman–Crippen MR) is 31.5 cm³/mol. The lowest BCUT2D eigenvalue weighted by Crippen LogP contribution is -1.99. The molecule has 5 nitrogen and oxygen atoms in total. The van der Waals surface area contributed by atoms with E-state index in [1.807, 2.05) is 0 Å². The normalized spacial score (nSPS) is 9.88. The van der Waals surface area contributed by atoms with Crippen LogP contribution in [0.4, 0.5) is 4.79 Å². The first-order valence-electron chi connectivity index (χ1n) is 1.25. The summed E-state index contributed by atoms with van der Waals surface area (Å²) in [7, 11) is -4.57. The Kier molecular flexibility index (Phi) is 4.68. The molecule has 4 N–H and O–H groups in total. The van der Waals surface area contributed by atoms with Gasteiger partial charge >= 0.3 is 13.7 Å². The minimum absolute atomic E-state index is 0. The Bertz CT molecular complexity index is 84.9. The van der Waals surface area contributed by atoms with Crippen molar-refractivity contribution in [1.29, 1.82) is 0 Å². The van der Waals surface area contributed by atoms with Crippen LogP contribution in [-0.2, 0) is 0 Å². The molecule has 0 radical (unpaired) electrons. The predicted octanol–water partition coefficient (Wildman–Crippen LogP) is -1.78. The number of carboxylic acid groups (broad SMARTS) is 1. The summed E-state index contributed by atoms with van der Waals surface area (Å²) < 4.78 is 0. The molecule has 0 aromatic rings. The van der Waals surface area contributed by atoms with Crippen LogP contribution in [0, 0.1) is 0 Å². The average molecular weight is 157 g/mol. The number of rotatable bonds is 1. The van der Waals surface area contributed by atoms with E-state index in [-0.39, 0.29) is 17.4 Å². The van der Waals surface area contributed by atoms with Gasteiger partial charge in [-0.2, -0.15) is 19.5 Å². The van der Waals surface area contributed by atoms with Crippen LogP contribution in [0.5, 0.6) is 0 Å². The average Bonchev–Trinajstić information content (AvgIpc) is 1.31. The third-order valence-electron chi connectivity index (χ3n) is 0.257. The first kappa shape index (κ1) is 11.2. The molecule has 0 aliphatic carbocycles. The lowest BCUT2D eigenvalue weighted by Gasteiger charge is -1.90. The van der Waals surface area contributed by atoms with Gasteiger partial charge < -0.3 is 5.11 Å². The molecule has 0 bridgehead atoms. The molecule has 8 heavy (non-hydrogen) atoms. The largest absolute Gasteiger partial charge is 0.542 e. The van der Waals surface area contributed by atoms with Crippen LogP contribution >= 0.6 is 7.94 Å². The van der Waals surface area contributed by atoms with Gasteiger partial charge in [-0.15, -0.1) is 0 Å². The van der Waals surface area contributed by atoms with Gasteiger partial charge in [0.2, 0.25) is 0 Å². The second-order valence-electron chi connectivity index (χ2n) is 0.851. The summed E-state index contributed by atoms with van der Waals surface area (Å²) in [6.07, 6.45) is 0. The molecule has 7 heteroatoms. The van der Waals surface area contributed by atoms with E-state index in [1.54, 1.807) is 0 Å². The third-order valence-corrected chi connectivity index (χ3v) is 0.770. The molecule has 0 aliphatic rings. The van der Waals surface area contributed by atoms with Gasteiger partial charge in [0.1, 0.15) is 0 Å². The highest BCUT2D eigenvalue weighted by atomic mass is 31.2. The Morgan fingerprint density at radius 1 is 1.25 bits per heavy atom. The van der Waals surface area contributed by atoms with Gasteiger partial charge in [0, 0.05) is 0 Å². The maximum Gasteiger partial charge on any atom is 0.542 e. The lowest BCUT2D eigenvalue weighted by molar-refractivity contribution is 0.202. The quantitative estimate of drug-likeness (QED) is 0.266. The molecule has 0 aromatic heterocycles. The van der Waals surface area contributed by atoms with E-state index >= 15 is 0 Å². The lowest BCUT2D eigenvalue weighted by atomic mass is 11.6. The van der Waals surface area contributed by atoms with Crippen LogP contribution in [0.25, 0.3) is 0 Å². The van der Waals surface area contributed by atoms with Crippen LogP contribution in [0.1, 0.15) is 0 Å². The minimum atomic E-state index is -4.57. The van der Waals surface area contributed by atoms with E-state index < -0.39 is 13.7 Å². The SMILES string of the molecule is O=C(O)[P+](O)(O)O.[AlH3]. The van der Waals surface area contributed by atoms with Crippen LogP contribution in [0.2, 0.25) is 0 Å². The topological polar surface area (TPSA) is 98.0 Å². The van der Waals surface area contributed by atoms with E-state index in [4.69, 9.17) is 19.8 Å². The standard InChI is InChI=1S/CH3O5P.Al.3H/c2-1(3)7(4,5)6;;;;/h4-6H;;;;/p+1. The summed E-state index contributed by atoms with van der Waals surface area (Å²) >= 11 is 0. The zero-order chi connectivity index (χ0) is 6.08. The molecule has 0 aromatic carbocycles.